The fourth-order valence-electron chi connectivity index (χ4n) is 2.65. The molecule has 0 saturated heterocycles. The molecule has 0 aliphatic carbocycles. The Morgan fingerprint density at radius 2 is 1.56 bits per heavy atom. The highest BCUT2D eigenvalue weighted by atomic mass is 16.2. The number of nitrogens with zero attached hydrogens (tertiary/aromatic N) is 2. The van der Waals surface area contributed by atoms with Gasteiger partial charge in [-0.1, -0.05) is 37.8 Å². The summed E-state index contributed by atoms with van der Waals surface area (Å²) in [5.41, 5.74) is 5.59. The van der Waals surface area contributed by atoms with Crippen LogP contribution >= 0.6 is 0 Å². The maximum absolute atomic E-state index is 11.2. The summed E-state index contributed by atoms with van der Waals surface area (Å²) in [4.78, 5) is 18.0. The molecule has 0 bridgehead atoms. The number of nitrogens with one attached hydrogen (secondary N) is 1. The lowest BCUT2D eigenvalue weighted by Crippen LogP contribution is -2.31. The molecular weight excluding hydrogens is 312 g/mol. The maximum Gasteiger partial charge on any atom is 0.238 e. The number of aromatic nitrogens is 1. The lowest BCUT2D eigenvalue weighted by atomic mass is 10.0. The second kappa shape index (κ2) is 10.5. The molecule has 5 heteroatoms. The fourth-order valence-corrected chi connectivity index (χ4v) is 2.65. The van der Waals surface area contributed by atoms with Gasteiger partial charge in [-0.15, -0.1) is 0 Å². The molecular formula is C20H30N4O. The Hall–Kier alpha value is -2.40. The van der Waals surface area contributed by atoms with Crippen molar-refractivity contribution in [1.82, 2.24) is 10.4 Å². The number of rotatable bonds is 8. The standard InChI is InChI=1S/C19H26N4O.CH4/c1-3-23(4-2)18-12-11-17(14-21-18)10-7-15-5-8-16(9-6-15)13-19(24)22-20;/h5-6,8-9,11-12,14H,3-4,7,10,13,20H2,1-2H3,(H,22,24);1H4. The summed E-state index contributed by atoms with van der Waals surface area (Å²) >= 11 is 0. The van der Waals surface area contributed by atoms with E-state index in [-0.39, 0.29) is 13.3 Å². The van der Waals surface area contributed by atoms with Crippen LogP contribution in [0.2, 0.25) is 0 Å². The molecule has 3 N–H and O–H groups in total. The molecule has 0 atom stereocenters. The minimum atomic E-state index is -0.179. The van der Waals surface area contributed by atoms with Crippen LogP contribution in [0.15, 0.2) is 42.6 Å². The predicted molar refractivity (Wildman–Crippen MR) is 104 cm³/mol. The van der Waals surface area contributed by atoms with Gasteiger partial charge in [0.2, 0.25) is 5.91 Å². The lowest BCUT2D eigenvalue weighted by molar-refractivity contribution is -0.120. The van der Waals surface area contributed by atoms with Gasteiger partial charge in [-0.05, 0) is 49.4 Å². The number of anilines is 1. The van der Waals surface area contributed by atoms with Crippen LogP contribution in [0.1, 0.15) is 38.0 Å². The molecule has 0 unspecified atom stereocenters. The number of hydrazine groups is 1. The molecule has 0 fully saturated rings. The molecule has 0 spiro atoms. The highest BCUT2D eigenvalue weighted by molar-refractivity contribution is 5.77. The van der Waals surface area contributed by atoms with Crippen LogP contribution in [0.4, 0.5) is 5.82 Å². The number of aryl methyl sites for hydroxylation is 2. The third-order valence-corrected chi connectivity index (χ3v) is 4.15. The van der Waals surface area contributed by atoms with E-state index in [1.807, 2.05) is 18.3 Å². The van der Waals surface area contributed by atoms with Crippen molar-refractivity contribution in [1.29, 1.82) is 0 Å². The van der Waals surface area contributed by atoms with Gasteiger partial charge in [0.15, 0.2) is 0 Å². The van der Waals surface area contributed by atoms with Crippen molar-refractivity contribution >= 4 is 11.7 Å². The van der Waals surface area contributed by atoms with Crippen LogP contribution in [0, 0.1) is 0 Å². The molecule has 1 amide bonds. The van der Waals surface area contributed by atoms with Gasteiger partial charge in [-0.25, -0.2) is 10.8 Å². The molecule has 25 heavy (non-hydrogen) atoms. The Labute approximate surface area is 151 Å². The zero-order valence-corrected chi connectivity index (χ0v) is 14.5. The van der Waals surface area contributed by atoms with Crippen molar-refractivity contribution < 1.29 is 4.79 Å². The van der Waals surface area contributed by atoms with E-state index in [0.29, 0.717) is 6.42 Å². The molecule has 2 aromatic rings. The number of pyridine rings is 1. The van der Waals surface area contributed by atoms with Gasteiger partial charge in [0.1, 0.15) is 5.82 Å². The van der Waals surface area contributed by atoms with Gasteiger partial charge in [-0.3, -0.25) is 10.2 Å². The number of nitrogens with two attached hydrogens (primary N) is 1. The second-order valence-electron chi connectivity index (χ2n) is 5.76. The van der Waals surface area contributed by atoms with Gasteiger partial charge < -0.3 is 4.90 Å². The van der Waals surface area contributed by atoms with Crippen molar-refractivity contribution in [3.63, 3.8) is 0 Å². The van der Waals surface area contributed by atoms with Crippen molar-refractivity contribution in [3.05, 3.63) is 59.3 Å². The summed E-state index contributed by atoms with van der Waals surface area (Å²) in [6.07, 6.45) is 4.19. The number of carbonyl (C=O) groups excluding carboxylic acids is 1. The molecule has 136 valence electrons. The SMILES string of the molecule is C.CCN(CC)c1ccc(CCc2ccc(CC(=O)NN)cc2)cn1. The zero-order valence-electron chi connectivity index (χ0n) is 14.5. The topological polar surface area (TPSA) is 71.2 Å². The minimum absolute atomic E-state index is 0. The Balaban J connectivity index is 0.00000312. The van der Waals surface area contributed by atoms with Crippen LogP contribution in [-0.2, 0) is 24.1 Å². The summed E-state index contributed by atoms with van der Waals surface area (Å²) in [7, 11) is 0. The fraction of sp³-hybridized carbons (Fsp3) is 0.400. The van der Waals surface area contributed by atoms with Gasteiger partial charge in [0.05, 0.1) is 6.42 Å². The van der Waals surface area contributed by atoms with Crippen molar-refractivity contribution in [3.8, 4) is 0 Å². The molecule has 2 rings (SSSR count). The quantitative estimate of drug-likeness (QED) is 0.440. The molecule has 0 saturated carbocycles. The van der Waals surface area contributed by atoms with Crippen LogP contribution < -0.4 is 16.2 Å². The molecule has 1 aromatic heterocycles. The molecule has 0 aliphatic heterocycles. The van der Waals surface area contributed by atoms with Crippen LogP contribution in [0.3, 0.4) is 0 Å². The van der Waals surface area contributed by atoms with E-state index in [1.54, 1.807) is 0 Å². The normalized spacial score (nSPS) is 10.0. The number of hydrogen-bond acceptors (Lipinski definition) is 4. The van der Waals surface area contributed by atoms with E-state index in [1.165, 1.54) is 11.1 Å². The summed E-state index contributed by atoms with van der Waals surface area (Å²) in [5, 5.41) is 0. The average molecular weight is 342 g/mol. The molecule has 0 aliphatic rings. The first-order valence-electron chi connectivity index (χ1n) is 8.43. The first-order chi connectivity index (χ1) is 11.7. The highest BCUT2D eigenvalue weighted by Crippen LogP contribution is 2.13. The van der Waals surface area contributed by atoms with Gasteiger partial charge in [-0.2, -0.15) is 0 Å². The molecule has 1 aromatic carbocycles. The second-order valence-corrected chi connectivity index (χ2v) is 5.76. The maximum atomic E-state index is 11.2. The van der Waals surface area contributed by atoms with Crippen molar-refractivity contribution in [2.45, 2.75) is 40.5 Å². The number of amides is 1. The monoisotopic (exact) mass is 342 g/mol. The molecule has 0 radical (unpaired) electrons. The summed E-state index contributed by atoms with van der Waals surface area (Å²) in [5.74, 6) is 5.96. The number of benzene rings is 1. The minimum Gasteiger partial charge on any atom is -0.357 e. The Kier molecular flexibility index (Phi) is 8.64. The first-order valence-corrected chi connectivity index (χ1v) is 8.43. The van der Waals surface area contributed by atoms with E-state index < -0.39 is 0 Å². The summed E-state index contributed by atoms with van der Waals surface area (Å²) < 4.78 is 0. The van der Waals surface area contributed by atoms with E-state index in [9.17, 15) is 4.79 Å². The third-order valence-electron chi connectivity index (χ3n) is 4.15. The average Bonchev–Trinajstić information content (AvgIpc) is 2.63. The van der Waals surface area contributed by atoms with Crippen molar-refractivity contribution in [2.24, 2.45) is 5.84 Å². The lowest BCUT2D eigenvalue weighted by Gasteiger charge is -2.19. The van der Waals surface area contributed by atoms with Crippen molar-refractivity contribution in [2.75, 3.05) is 18.0 Å². The van der Waals surface area contributed by atoms with Crippen LogP contribution in [0.25, 0.3) is 0 Å². The smallest absolute Gasteiger partial charge is 0.238 e. The predicted octanol–water partition coefficient (Wildman–Crippen LogP) is 2.88. The number of carbonyl (C=O) groups is 1. The van der Waals surface area contributed by atoms with Gasteiger partial charge in [0.25, 0.3) is 0 Å². The zero-order chi connectivity index (χ0) is 17.4. The van der Waals surface area contributed by atoms with E-state index in [0.717, 1.165) is 37.3 Å². The summed E-state index contributed by atoms with van der Waals surface area (Å²) in [6.45, 7) is 6.22. The Morgan fingerprint density at radius 1 is 1.00 bits per heavy atom. The van der Waals surface area contributed by atoms with E-state index >= 15 is 0 Å². The van der Waals surface area contributed by atoms with Gasteiger partial charge >= 0.3 is 0 Å². The summed E-state index contributed by atoms with van der Waals surface area (Å²) in [6, 6.07) is 12.3. The highest BCUT2D eigenvalue weighted by Gasteiger charge is 2.04. The largest absolute Gasteiger partial charge is 0.357 e. The van der Waals surface area contributed by atoms with Crippen LogP contribution in [-0.4, -0.2) is 24.0 Å². The molecule has 1 heterocycles. The third kappa shape index (κ3) is 6.19. The van der Waals surface area contributed by atoms with E-state index in [4.69, 9.17) is 5.84 Å². The number of hydrogen-bond donors (Lipinski definition) is 2. The van der Waals surface area contributed by atoms with Crippen LogP contribution in [0.5, 0.6) is 0 Å². The molecule has 5 nitrogen and oxygen atoms in total. The first kappa shape index (κ1) is 20.6. The van der Waals surface area contributed by atoms with Gasteiger partial charge in [0, 0.05) is 19.3 Å². The Bertz CT molecular complexity index is 634. The van der Waals surface area contributed by atoms with E-state index in [2.05, 4.69) is 53.4 Å². The Morgan fingerprint density at radius 3 is 2.08 bits per heavy atom.